The Kier molecular flexibility index (Phi) is 4.08. The van der Waals surface area contributed by atoms with Gasteiger partial charge in [0.25, 0.3) is 0 Å². The van der Waals surface area contributed by atoms with E-state index in [9.17, 15) is 18.0 Å². The van der Waals surface area contributed by atoms with Gasteiger partial charge in [-0.05, 0) is 28.7 Å². The van der Waals surface area contributed by atoms with Crippen LogP contribution in [0.2, 0.25) is 0 Å². The third-order valence-corrected chi connectivity index (χ3v) is 2.58. The van der Waals surface area contributed by atoms with E-state index < -0.39 is 23.1 Å². The lowest BCUT2D eigenvalue weighted by Gasteiger charge is -2.23. The Bertz CT molecular complexity index is 508. The lowest BCUT2D eigenvalue weighted by atomic mass is 9.81. The molecule has 0 heterocycles. The molecule has 1 aromatic carbocycles. The SMILES string of the molecule is CC(C)(C)/C(=C\C(=O)O)c1cccc(C(F)(F)F)c1. The lowest BCUT2D eigenvalue weighted by molar-refractivity contribution is -0.137. The van der Waals surface area contributed by atoms with E-state index >= 15 is 0 Å². The minimum atomic E-state index is -4.44. The number of carbonyl (C=O) groups is 1. The second-order valence-corrected chi connectivity index (χ2v) is 5.22. The third-order valence-electron chi connectivity index (χ3n) is 2.58. The Labute approximate surface area is 109 Å². The van der Waals surface area contributed by atoms with Gasteiger partial charge >= 0.3 is 12.1 Å². The van der Waals surface area contributed by atoms with Gasteiger partial charge in [-0.3, -0.25) is 0 Å². The summed E-state index contributed by atoms with van der Waals surface area (Å²) in [6.45, 7) is 5.26. The molecule has 104 valence electrons. The van der Waals surface area contributed by atoms with Crippen LogP contribution in [0.5, 0.6) is 0 Å². The summed E-state index contributed by atoms with van der Waals surface area (Å²) in [7, 11) is 0. The van der Waals surface area contributed by atoms with Gasteiger partial charge in [0, 0.05) is 6.08 Å². The molecule has 5 heteroatoms. The molecule has 0 radical (unpaired) electrons. The topological polar surface area (TPSA) is 37.3 Å². The summed E-state index contributed by atoms with van der Waals surface area (Å²) >= 11 is 0. The van der Waals surface area contributed by atoms with Gasteiger partial charge in [-0.25, -0.2) is 4.79 Å². The van der Waals surface area contributed by atoms with Crippen molar-refractivity contribution in [1.82, 2.24) is 0 Å². The predicted molar refractivity (Wildman–Crippen MR) is 66.5 cm³/mol. The van der Waals surface area contributed by atoms with E-state index in [4.69, 9.17) is 5.11 Å². The van der Waals surface area contributed by atoms with Crippen molar-refractivity contribution in [3.05, 3.63) is 41.5 Å². The number of aliphatic carboxylic acids is 1. The Morgan fingerprint density at radius 1 is 1.21 bits per heavy atom. The quantitative estimate of drug-likeness (QED) is 0.818. The Morgan fingerprint density at radius 2 is 1.79 bits per heavy atom. The summed E-state index contributed by atoms with van der Waals surface area (Å²) < 4.78 is 38.0. The minimum absolute atomic E-state index is 0.268. The number of halogens is 3. The van der Waals surface area contributed by atoms with Crippen molar-refractivity contribution in [2.75, 3.05) is 0 Å². The molecule has 1 aromatic rings. The normalized spacial score (nSPS) is 13.5. The first-order valence-electron chi connectivity index (χ1n) is 5.64. The Morgan fingerprint density at radius 3 is 2.21 bits per heavy atom. The van der Waals surface area contributed by atoms with Gasteiger partial charge in [0.1, 0.15) is 0 Å². The molecule has 0 bridgehead atoms. The van der Waals surface area contributed by atoms with Gasteiger partial charge in [0.15, 0.2) is 0 Å². The smallest absolute Gasteiger partial charge is 0.416 e. The molecule has 1 N–H and O–H groups in total. The lowest BCUT2D eigenvalue weighted by Crippen LogP contribution is -2.12. The molecular weight excluding hydrogens is 257 g/mol. The van der Waals surface area contributed by atoms with Crippen LogP contribution in [0.4, 0.5) is 13.2 Å². The van der Waals surface area contributed by atoms with Crippen molar-refractivity contribution in [3.8, 4) is 0 Å². The molecule has 0 unspecified atom stereocenters. The fourth-order valence-corrected chi connectivity index (χ4v) is 1.72. The van der Waals surface area contributed by atoms with Crippen LogP contribution in [0, 0.1) is 5.41 Å². The van der Waals surface area contributed by atoms with E-state index in [0.717, 1.165) is 18.2 Å². The molecule has 19 heavy (non-hydrogen) atoms. The molecule has 0 saturated heterocycles. The number of allylic oxidation sites excluding steroid dienone is 1. The number of benzene rings is 1. The number of hydrogen-bond acceptors (Lipinski definition) is 1. The Hall–Kier alpha value is -1.78. The second kappa shape index (κ2) is 5.07. The summed E-state index contributed by atoms with van der Waals surface area (Å²) in [4.78, 5) is 10.8. The van der Waals surface area contributed by atoms with Crippen LogP contribution in [-0.4, -0.2) is 11.1 Å². The van der Waals surface area contributed by atoms with Gasteiger partial charge < -0.3 is 5.11 Å². The first-order chi connectivity index (χ1) is 8.51. The maximum atomic E-state index is 12.7. The first-order valence-corrected chi connectivity index (χ1v) is 5.64. The molecule has 0 aliphatic rings. The number of alkyl halides is 3. The van der Waals surface area contributed by atoms with Gasteiger partial charge in [0.2, 0.25) is 0 Å². The van der Waals surface area contributed by atoms with Crippen molar-refractivity contribution < 1.29 is 23.1 Å². The zero-order valence-corrected chi connectivity index (χ0v) is 10.9. The van der Waals surface area contributed by atoms with Crippen molar-refractivity contribution in [1.29, 1.82) is 0 Å². The molecule has 0 atom stereocenters. The molecule has 0 aliphatic carbocycles. The highest BCUT2D eigenvalue weighted by Gasteiger charge is 2.31. The van der Waals surface area contributed by atoms with Crippen molar-refractivity contribution >= 4 is 11.5 Å². The molecule has 2 nitrogen and oxygen atoms in total. The number of rotatable bonds is 2. The molecular formula is C14H15F3O2. The zero-order chi connectivity index (χ0) is 14.8. The van der Waals surface area contributed by atoms with Gasteiger partial charge in [0.05, 0.1) is 5.56 Å². The third kappa shape index (κ3) is 4.12. The fraction of sp³-hybridized carbons (Fsp3) is 0.357. The number of carboxylic acids is 1. The highest BCUT2D eigenvalue weighted by molar-refractivity contribution is 5.91. The van der Waals surface area contributed by atoms with Crippen LogP contribution in [0.1, 0.15) is 31.9 Å². The summed E-state index contributed by atoms with van der Waals surface area (Å²) in [5.74, 6) is -1.18. The average Bonchev–Trinajstić information content (AvgIpc) is 2.23. The van der Waals surface area contributed by atoms with Gasteiger partial charge in [-0.1, -0.05) is 32.9 Å². The molecule has 1 rings (SSSR count). The van der Waals surface area contributed by atoms with Crippen LogP contribution < -0.4 is 0 Å². The second-order valence-electron chi connectivity index (χ2n) is 5.22. The number of carboxylic acid groups (broad SMARTS) is 1. The van der Waals surface area contributed by atoms with Crippen molar-refractivity contribution in [3.63, 3.8) is 0 Å². The summed E-state index contributed by atoms with van der Waals surface area (Å²) in [6, 6.07) is 4.69. The summed E-state index contributed by atoms with van der Waals surface area (Å²) in [5.41, 5.74) is -0.732. The minimum Gasteiger partial charge on any atom is -0.478 e. The largest absolute Gasteiger partial charge is 0.478 e. The average molecular weight is 272 g/mol. The maximum absolute atomic E-state index is 12.7. The summed E-state index contributed by atoms with van der Waals surface area (Å²) in [6.07, 6.45) is -3.49. The highest BCUT2D eigenvalue weighted by Crippen LogP contribution is 2.37. The van der Waals surface area contributed by atoms with Crippen LogP contribution >= 0.6 is 0 Å². The van der Waals surface area contributed by atoms with E-state index in [2.05, 4.69) is 0 Å². The molecule has 0 saturated carbocycles. The van der Waals surface area contributed by atoms with Crippen molar-refractivity contribution in [2.45, 2.75) is 26.9 Å². The van der Waals surface area contributed by atoms with E-state index in [0.29, 0.717) is 5.57 Å². The van der Waals surface area contributed by atoms with E-state index in [-0.39, 0.29) is 5.56 Å². The number of hydrogen-bond donors (Lipinski definition) is 1. The summed E-state index contributed by atoms with van der Waals surface area (Å²) in [5, 5.41) is 8.84. The van der Waals surface area contributed by atoms with E-state index in [1.165, 1.54) is 12.1 Å². The molecule has 0 aromatic heterocycles. The molecule has 0 spiro atoms. The molecule has 0 amide bonds. The van der Waals surface area contributed by atoms with Crippen LogP contribution in [0.15, 0.2) is 30.3 Å². The fourth-order valence-electron chi connectivity index (χ4n) is 1.72. The van der Waals surface area contributed by atoms with Gasteiger partial charge in [-0.2, -0.15) is 13.2 Å². The maximum Gasteiger partial charge on any atom is 0.416 e. The van der Waals surface area contributed by atoms with Crippen LogP contribution in [0.3, 0.4) is 0 Å². The van der Waals surface area contributed by atoms with Crippen LogP contribution in [-0.2, 0) is 11.0 Å². The van der Waals surface area contributed by atoms with E-state index in [1.807, 2.05) is 0 Å². The van der Waals surface area contributed by atoms with Crippen molar-refractivity contribution in [2.24, 2.45) is 5.41 Å². The monoisotopic (exact) mass is 272 g/mol. The predicted octanol–water partition coefficient (Wildman–Crippen LogP) is 4.22. The molecule has 0 fully saturated rings. The van der Waals surface area contributed by atoms with Gasteiger partial charge in [-0.15, -0.1) is 0 Å². The zero-order valence-electron chi connectivity index (χ0n) is 10.9. The standard InChI is InChI=1S/C14H15F3O2/c1-13(2,3)11(8-12(18)19)9-5-4-6-10(7-9)14(15,16)17/h4-8H,1-3H3,(H,18,19)/b11-8-. The van der Waals surface area contributed by atoms with Crippen LogP contribution in [0.25, 0.3) is 5.57 Å². The highest BCUT2D eigenvalue weighted by atomic mass is 19.4. The van der Waals surface area contributed by atoms with E-state index in [1.54, 1.807) is 20.8 Å². The molecule has 0 aliphatic heterocycles. The first kappa shape index (κ1) is 15.3. The Balaban J connectivity index is 3.37.